The Bertz CT molecular complexity index is 2530. The van der Waals surface area contributed by atoms with Crippen LogP contribution < -0.4 is 27.4 Å². The number of rotatable bonds is 21. The molecule has 3 aromatic heterocycles. The summed E-state index contributed by atoms with van der Waals surface area (Å²) in [7, 11) is 0. The number of hydrogen-bond donors (Lipinski definition) is 6. The molecule has 0 radical (unpaired) electrons. The summed E-state index contributed by atoms with van der Waals surface area (Å²) in [6.07, 6.45) is 9.77. The number of benzene rings is 1. The van der Waals surface area contributed by atoms with Crippen molar-refractivity contribution in [1.82, 2.24) is 30.1 Å². The molecule has 384 valence electrons. The average Bonchev–Trinajstić information content (AvgIpc) is 4.06. The van der Waals surface area contributed by atoms with Crippen LogP contribution in [-0.4, -0.2) is 111 Å². The van der Waals surface area contributed by atoms with Gasteiger partial charge in [0.15, 0.2) is 11.7 Å². The molecule has 2 unspecified atom stereocenters. The predicted molar refractivity (Wildman–Crippen MR) is 284 cm³/mol. The molecular weight excluding hydrogens is 935 g/mol. The molecule has 5 heterocycles. The van der Waals surface area contributed by atoms with E-state index >= 15 is 0 Å². The minimum Gasteiger partial charge on any atom is -0.479 e. The summed E-state index contributed by atoms with van der Waals surface area (Å²) in [5, 5.41) is 24.7. The van der Waals surface area contributed by atoms with Crippen LogP contribution in [0.4, 0.5) is 16.6 Å². The Labute approximate surface area is 427 Å². The molecule has 4 aromatic rings. The van der Waals surface area contributed by atoms with Gasteiger partial charge in [0, 0.05) is 54.8 Å². The van der Waals surface area contributed by atoms with E-state index in [1.807, 2.05) is 50.5 Å². The standard InChI is InChI=1S/C53H75N11O5S2/c1-7-36(48(66)53(6)20-10-14-42-45(53)46(56)49(57)71-42)27-38(54)39-19-21-58-52(61-39)63-25-12-23-62(30-33(63)4)22-8-9-26-69-43(55)28-41(65)44(32(2)3)51(68)64-24-11-13-40(64)50(67)59-29-35-15-17-37(18-16-35)47-34(5)60-31-70-47/h15-19,21,28,31-33,36,40,44,48,54,66H,7-14,20,22-27,29-30,55-57H2,1-6H3,(H,59,67)/b43-28+,54-38?/t33-,36?,40-,44+,48?,53-/m0/s1. The zero-order valence-electron chi connectivity index (χ0n) is 42.4. The van der Waals surface area contributed by atoms with Crippen LogP contribution in [0.3, 0.4) is 0 Å². The third kappa shape index (κ3) is 12.4. The van der Waals surface area contributed by atoms with E-state index in [4.69, 9.17) is 32.3 Å². The first-order valence-electron chi connectivity index (χ1n) is 25.5. The second kappa shape index (κ2) is 23.9. The summed E-state index contributed by atoms with van der Waals surface area (Å²) < 4.78 is 5.80. The third-order valence-electron chi connectivity index (χ3n) is 14.9. The number of fused-ring (bicyclic) bond motifs is 1. The van der Waals surface area contributed by atoms with Crippen LogP contribution in [0, 0.1) is 30.1 Å². The van der Waals surface area contributed by atoms with Crippen molar-refractivity contribution in [3.05, 3.63) is 81.4 Å². The van der Waals surface area contributed by atoms with Crippen molar-refractivity contribution in [3.8, 4) is 10.4 Å². The number of thiazole rings is 1. The summed E-state index contributed by atoms with van der Waals surface area (Å²) in [5.74, 6) is -1.90. The first kappa shape index (κ1) is 53.4. The molecule has 2 amide bonds. The number of likely N-dealkylation sites (tertiary alicyclic amines) is 1. The largest absolute Gasteiger partial charge is 0.479 e. The summed E-state index contributed by atoms with van der Waals surface area (Å²) in [5.41, 5.74) is 25.8. The minimum absolute atomic E-state index is 0.0253. The van der Waals surface area contributed by atoms with Gasteiger partial charge < -0.3 is 52.5 Å². The summed E-state index contributed by atoms with van der Waals surface area (Å²) in [6.45, 7) is 16.4. The Kier molecular flexibility index (Phi) is 17.9. The maximum atomic E-state index is 13.9. The molecule has 2 saturated heterocycles. The topological polar surface area (TPSA) is 243 Å². The van der Waals surface area contributed by atoms with Crippen molar-refractivity contribution in [2.24, 2.45) is 23.5 Å². The van der Waals surface area contributed by atoms with Crippen LogP contribution in [0.1, 0.15) is 120 Å². The number of aryl methyl sites for hydroxylation is 2. The van der Waals surface area contributed by atoms with Crippen molar-refractivity contribution in [1.29, 1.82) is 5.41 Å². The number of aromatic nitrogens is 3. The number of ketones is 1. The van der Waals surface area contributed by atoms with Crippen molar-refractivity contribution in [3.63, 3.8) is 0 Å². The van der Waals surface area contributed by atoms with Gasteiger partial charge in [0.05, 0.1) is 45.9 Å². The number of aliphatic hydroxyl groups excluding tert-OH is 1. The molecule has 18 heteroatoms. The van der Waals surface area contributed by atoms with E-state index in [1.54, 1.807) is 28.5 Å². The number of carbonyl (C=O) groups is 3. The van der Waals surface area contributed by atoms with E-state index in [1.165, 1.54) is 22.3 Å². The normalized spacial score (nSPS) is 21.1. The highest BCUT2D eigenvalue weighted by atomic mass is 32.1. The summed E-state index contributed by atoms with van der Waals surface area (Å²) >= 11 is 3.13. The molecule has 0 bridgehead atoms. The lowest BCUT2D eigenvalue weighted by atomic mass is 9.65. The maximum absolute atomic E-state index is 13.9. The Morgan fingerprint density at radius 3 is 2.56 bits per heavy atom. The quantitative estimate of drug-likeness (QED) is 0.0159. The number of carbonyl (C=O) groups excluding carboxylic acids is 3. The van der Waals surface area contributed by atoms with Crippen molar-refractivity contribution < 1.29 is 24.2 Å². The molecule has 3 aliphatic rings. The van der Waals surface area contributed by atoms with Crippen molar-refractivity contribution in [2.75, 3.05) is 55.7 Å². The van der Waals surface area contributed by atoms with Crippen LogP contribution in [0.25, 0.3) is 10.4 Å². The Hall–Kier alpha value is -5.43. The van der Waals surface area contributed by atoms with Crippen LogP contribution in [0.15, 0.2) is 54.0 Å². The fourth-order valence-electron chi connectivity index (χ4n) is 10.9. The number of anilines is 3. The van der Waals surface area contributed by atoms with E-state index in [0.29, 0.717) is 73.4 Å². The lowest BCUT2D eigenvalue weighted by molar-refractivity contribution is -0.146. The zero-order valence-corrected chi connectivity index (χ0v) is 44.0. The van der Waals surface area contributed by atoms with Gasteiger partial charge in [-0.25, -0.2) is 15.0 Å². The van der Waals surface area contributed by atoms with Gasteiger partial charge in [-0.3, -0.25) is 14.4 Å². The smallest absolute Gasteiger partial charge is 0.243 e. The highest BCUT2D eigenvalue weighted by Crippen LogP contribution is 2.50. The van der Waals surface area contributed by atoms with Crippen LogP contribution in [0.5, 0.6) is 0 Å². The first-order chi connectivity index (χ1) is 34.0. The zero-order chi connectivity index (χ0) is 51.0. The lowest BCUT2D eigenvalue weighted by Gasteiger charge is -2.42. The average molecular weight is 1010 g/mol. The molecule has 0 spiro atoms. The summed E-state index contributed by atoms with van der Waals surface area (Å²) in [4.78, 5) is 63.4. The van der Waals surface area contributed by atoms with E-state index < -0.39 is 29.3 Å². The minimum atomic E-state index is -0.988. The molecule has 2 fully saturated rings. The molecule has 71 heavy (non-hydrogen) atoms. The van der Waals surface area contributed by atoms with Gasteiger partial charge in [-0.2, -0.15) is 0 Å². The van der Waals surface area contributed by atoms with E-state index in [-0.39, 0.29) is 35.6 Å². The van der Waals surface area contributed by atoms with E-state index in [9.17, 15) is 19.5 Å². The van der Waals surface area contributed by atoms with Crippen molar-refractivity contribution in [2.45, 2.75) is 136 Å². The number of hydrogen-bond acceptors (Lipinski definition) is 16. The number of nitrogens with zero attached hydrogens (tertiary/aromatic N) is 6. The SMILES string of the molecule is CCC(CC(=N)c1ccnc(N2CCCN(CCCCO/C(N)=C/C(=O)[C@H](C(=O)N3CCC[C@H]3C(=O)NCc3ccc(-c4scnc4C)cc3)C(C)C)C[C@@H]2C)n1)C(O)[C@@]1(C)CCCc2sc(N)c(N)c21. The van der Waals surface area contributed by atoms with Gasteiger partial charge in [0.25, 0.3) is 0 Å². The van der Waals surface area contributed by atoms with E-state index in [2.05, 4.69) is 45.9 Å². The molecule has 2 aliphatic heterocycles. The van der Waals surface area contributed by atoms with Gasteiger partial charge >= 0.3 is 0 Å². The van der Waals surface area contributed by atoms with Gasteiger partial charge in [0.1, 0.15) is 17.0 Å². The van der Waals surface area contributed by atoms with Crippen LogP contribution in [0.2, 0.25) is 0 Å². The highest BCUT2D eigenvalue weighted by molar-refractivity contribution is 7.16. The Morgan fingerprint density at radius 2 is 1.85 bits per heavy atom. The second-order valence-corrected chi connectivity index (χ2v) is 22.3. The van der Waals surface area contributed by atoms with Crippen molar-refractivity contribution >= 4 is 62.6 Å². The first-order valence-corrected chi connectivity index (χ1v) is 27.2. The summed E-state index contributed by atoms with van der Waals surface area (Å²) in [6, 6.07) is 9.29. The molecule has 16 nitrogen and oxygen atoms in total. The predicted octanol–water partition coefficient (Wildman–Crippen LogP) is 7.22. The number of amides is 2. The number of thiophene rings is 1. The number of nitrogens with one attached hydrogen (secondary N) is 2. The second-order valence-electron chi connectivity index (χ2n) is 20.3. The van der Waals surface area contributed by atoms with Gasteiger partial charge in [0.2, 0.25) is 17.8 Å². The van der Waals surface area contributed by atoms with Crippen LogP contribution in [-0.2, 0) is 37.5 Å². The molecule has 0 saturated carbocycles. The number of nitrogens with two attached hydrogens (primary N) is 3. The van der Waals surface area contributed by atoms with Gasteiger partial charge in [-0.05, 0) is 119 Å². The number of allylic oxidation sites excluding steroid dienone is 1. The third-order valence-corrected chi connectivity index (χ3v) is 16.9. The van der Waals surface area contributed by atoms with Gasteiger partial charge in [-0.1, -0.05) is 58.4 Å². The fourth-order valence-corrected chi connectivity index (χ4v) is 12.9. The Balaban J connectivity index is 0.849. The highest BCUT2D eigenvalue weighted by Gasteiger charge is 2.45. The Morgan fingerprint density at radius 1 is 1.07 bits per heavy atom. The molecule has 7 rings (SSSR count). The fraction of sp³-hybridized carbons (Fsp3) is 0.566. The lowest BCUT2D eigenvalue weighted by Crippen LogP contribution is -2.49. The molecular formula is C53H75N11O5S2. The van der Waals surface area contributed by atoms with Crippen LogP contribution >= 0.6 is 22.7 Å². The molecule has 1 aromatic carbocycles. The molecule has 1 aliphatic carbocycles. The maximum Gasteiger partial charge on any atom is 0.243 e. The number of unbranched alkanes of at least 4 members (excludes halogenated alkanes) is 1. The molecule has 6 atom stereocenters. The van der Waals surface area contributed by atoms with Gasteiger partial charge in [-0.15, -0.1) is 22.7 Å². The number of nitrogen functional groups attached to an aromatic ring is 2. The monoisotopic (exact) mass is 1010 g/mol. The number of ether oxygens (including phenoxy) is 1. The molecule has 9 N–H and O–H groups in total. The number of aliphatic hydroxyl groups is 1. The van der Waals surface area contributed by atoms with E-state index in [0.717, 1.165) is 92.0 Å².